The zero-order valence-electron chi connectivity index (χ0n) is 19.0. The van der Waals surface area contributed by atoms with Crippen LogP contribution in [0.2, 0.25) is 0 Å². The van der Waals surface area contributed by atoms with E-state index in [1.54, 1.807) is 0 Å². The average Bonchev–Trinajstić information content (AvgIpc) is 2.57. The Balaban J connectivity index is -0.000000294. The van der Waals surface area contributed by atoms with Gasteiger partial charge in [0.25, 0.3) is 0 Å². The second-order valence-electron chi connectivity index (χ2n) is 7.08. The zero-order valence-corrected chi connectivity index (χ0v) is 22.0. The van der Waals surface area contributed by atoms with Crippen LogP contribution in [0.15, 0.2) is 0 Å². The van der Waals surface area contributed by atoms with Crippen molar-refractivity contribution in [3.05, 3.63) is 0 Å². The van der Waals surface area contributed by atoms with Crippen LogP contribution in [-0.2, 0) is 33.9 Å². The maximum Gasteiger partial charge on any atom is 2.00 e. The fraction of sp³-hybridized carbons (Fsp3) is 0.864. The Hall–Kier alpha value is -0.967. The molecule has 0 radical (unpaired) electrons. The van der Waals surface area contributed by atoms with Crippen molar-refractivity contribution in [2.75, 3.05) is 0 Å². The van der Waals surface area contributed by atoms with Crippen LogP contribution < -0.4 is 10.2 Å². The van der Waals surface area contributed by atoms with Gasteiger partial charge < -0.3 is 24.9 Å². The van der Waals surface area contributed by atoms with Gasteiger partial charge in [0.15, 0.2) is 0 Å². The molecule has 0 aromatic heterocycles. The van der Waals surface area contributed by atoms with Crippen molar-refractivity contribution in [2.24, 2.45) is 0 Å². The van der Waals surface area contributed by atoms with Crippen molar-refractivity contribution in [2.45, 2.75) is 124 Å². The second-order valence-corrected chi connectivity index (χ2v) is 7.08. The summed E-state index contributed by atoms with van der Waals surface area (Å²) in [5.41, 5.74) is 0. The van der Waals surface area contributed by atoms with E-state index in [1.807, 2.05) is 0 Å². The fourth-order valence-corrected chi connectivity index (χ4v) is 2.65. The number of aliphatic carboxylic acids is 3. The van der Waals surface area contributed by atoms with Crippen LogP contribution in [0, 0.1) is 0 Å². The molecule has 0 heterocycles. The van der Waals surface area contributed by atoms with Gasteiger partial charge in [-0.15, -0.1) is 0 Å². The molecule has 0 fully saturated rings. The van der Waals surface area contributed by atoms with Crippen LogP contribution in [0.1, 0.15) is 124 Å². The summed E-state index contributed by atoms with van der Waals surface area (Å²) in [6, 6.07) is 0. The van der Waals surface area contributed by atoms with Crippen LogP contribution in [0.4, 0.5) is 0 Å². The van der Waals surface area contributed by atoms with E-state index in [0.29, 0.717) is 6.42 Å². The molecule has 0 aliphatic carbocycles. The predicted octanol–water partition coefficient (Wildman–Crippen LogP) is 3.84. The van der Waals surface area contributed by atoms with Gasteiger partial charge in [0.1, 0.15) is 0 Å². The molecule has 0 aliphatic rings. The maximum absolute atomic E-state index is 10.3. The molecule has 29 heavy (non-hydrogen) atoms. The molecule has 0 aromatic carbocycles. The molecular weight excluding hydrogens is 426 g/mol. The standard InChI is InChI=1S/C18H36O2.2C2H4O2.Zn/c1-2-3-4-5-6-7-8-9-10-11-12-13-14-15-16-17-18(19)20;2*1-2(3)4;/h2-17H2,1H3,(H,19,20);2*1H3,(H,3,4);/q;;;+2/p-2. The van der Waals surface area contributed by atoms with E-state index in [-0.39, 0.29) is 19.5 Å². The van der Waals surface area contributed by atoms with Crippen molar-refractivity contribution in [1.82, 2.24) is 0 Å². The van der Waals surface area contributed by atoms with Gasteiger partial charge in [-0.3, -0.25) is 4.79 Å². The first-order valence-electron chi connectivity index (χ1n) is 10.8. The molecule has 1 N–H and O–H groups in total. The number of unbranched alkanes of at least 4 members (excludes halogenated alkanes) is 14. The van der Waals surface area contributed by atoms with Crippen molar-refractivity contribution < 1.29 is 49.2 Å². The van der Waals surface area contributed by atoms with Crippen LogP contribution in [0.25, 0.3) is 0 Å². The number of carboxylic acid groups (broad SMARTS) is 3. The number of carbonyl (C=O) groups is 3. The van der Waals surface area contributed by atoms with Gasteiger partial charge in [0.05, 0.1) is 0 Å². The van der Waals surface area contributed by atoms with Crippen LogP contribution in [0.3, 0.4) is 0 Å². The minimum absolute atomic E-state index is 0. The maximum atomic E-state index is 10.3. The summed E-state index contributed by atoms with van der Waals surface area (Å²) in [6.07, 6.45) is 20.2. The summed E-state index contributed by atoms with van der Waals surface area (Å²) in [7, 11) is 0. The summed E-state index contributed by atoms with van der Waals surface area (Å²) >= 11 is 0. The van der Waals surface area contributed by atoms with Gasteiger partial charge in [-0.25, -0.2) is 0 Å². The van der Waals surface area contributed by atoms with Crippen molar-refractivity contribution in [1.29, 1.82) is 0 Å². The van der Waals surface area contributed by atoms with Gasteiger partial charge in [-0.1, -0.05) is 96.8 Å². The Kier molecular flexibility index (Phi) is 38.8. The van der Waals surface area contributed by atoms with E-state index in [2.05, 4.69) is 6.92 Å². The molecule has 0 rings (SSSR count). The van der Waals surface area contributed by atoms with Crippen LogP contribution >= 0.6 is 0 Å². The molecule has 0 unspecified atom stereocenters. The number of carbonyl (C=O) groups excluding carboxylic acids is 2. The largest absolute Gasteiger partial charge is 2.00 e. The Morgan fingerprint density at radius 2 is 0.793 bits per heavy atom. The predicted molar refractivity (Wildman–Crippen MR) is 109 cm³/mol. The summed E-state index contributed by atoms with van der Waals surface area (Å²) in [5, 5.41) is 26.3. The number of hydrogen-bond donors (Lipinski definition) is 1. The van der Waals surface area contributed by atoms with Crippen LogP contribution in [-0.4, -0.2) is 23.0 Å². The van der Waals surface area contributed by atoms with Crippen molar-refractivity contribution in [3.63, 3.8) is 0 Å². The Morgan fingerprint density at radius 3 is 1.00 bits per heavy atom. The molecule has 0 aromatic rings. The molecule has 0 aliphatic heterocycles. The Morgan fingerprint density at radius 1 is 0.586 bits per heavy atom. The normalized spacial score (nSPS) is 9.21. The van der Waals surface area contributed by atoms with E-state index in [0.717, 1.165) is 26.7 Å². The van der Waals surface area contributed by atoms with E-state index < -0.39 is 17.9 Å². The molecule has 0 atom stereocenters. The second kappa shape index (κ2) is 31.7. The Bertz CT molecular complexity index is 341. The van der Waals surface area contributed by atoms with Gasteiger partial charge in [-0.2, -0.15) is 0 Å². The van der Waals surface area contributed by atoms with E-state index >= 15 is 0 Å². The molecular formula is C22H42O6Zn. The average molecular weight is 468 g/mol. The summed E-state index contributed by atoms with van der Waals surface area (Å²) in [6.45, 7) is 4.21. The van der Waals surface area contributed by atoms with Gasteiger partial charge in [0.2, 0.25) is 0 Å². The van der Waals surface area contributed by atoms with E-state index in [1.165, 1.54) is 83.5 Å². The van der Waals surface area contributed by atoms with Crippen LogP contribution in [0.5, 0.6) is 0 Å². The molecule has 168 valence electrons. The summed E-state index contributed by atoms with van der Waals surface area (Å²) in [5.74, 6) is -2.82. The molecule has 0 amide bonds. The molecule has 0 spiro atoms. The third-order valence-electron chi connectivity index (χ3n) is 3.99. The third kappa shape index (κ3) is 65.9. The first kappa shape index (κ1) is 35.5. The third-order valence-corrected chi connectivity index (χ3v) is 3.99. The topological polar surface area (TPSA) is 118 Å². The molecule has 0 saturated carbocycles. The fourth-order valence-electron chi connectivity index (χ4n) is 2.65. The molecule has 7 heteroatoms. The minimum Gasteiger partial charge on any atom is -0.550 e. The molecule has 6 nitrogen and oxygen atoms in total. The first-order valence-corrected chi connectivity index (χ1v) is 10.8. The van der Waals surface area contributed by atoms with Gasteiger partial charge >= 0.3 is 25.4 Å². The smallest absolute Gasteiger partial charge is 0.550 e. The van der Waals surface area contributed by atoms with E-state index in [4.69, 9.17) is 24.9 Å². The summed E-state index contributed by atoms with van der Waals surface area (Å²) in [4.78, 5) is 28.1. The van der Waals surface area contributed by atoms with Crippen molar-refractivity contribution >= 4 is 17.9 Å². The quantitative estimate of drug-likeness (QED) is 0.272. The number of hydrogen-bond acceptors (Lipinski definition) is 5. The molecule has 0 bridgehead atoms. The number of carboxylic acids is 3. The van der Waals surface area contributed by atoms with Gasteiger partial charge in [0, 0.05) is 18.4 Å². The summed E-state index contributed by atoms with van der Waals surface area (Å²) < 4.78 is 0. The Labute approximate surface area is 190 Å². The minimum atomic E-state index is -1.08. The monoisotopic (exact) mass is 466 g/mol. The van der Waals surface area contributed by atoms with E-state index in [9.17, 15) is 4.79 Å². The van der Waals surface area contributed by atoms with Crippen molar-refractivity contribution in [3.8, 4) is 0 Å². The zero-order chi connectivity index (χ0) is 22.0. The van der Waals surface area contributed by atoms with Gasteiger partial charge in [-0.05, 0) is 20.3 Å². The SMILES string of the molecule is CC(=O)[O-].CC(=O)[O-].CCCCCCCCCCCCCCCCCC(=O)O.[Zn+2]. The first-order chi connectivity index (χ1) is 13.2. The molecule has 0 saturated heterocycles. The number of rotatable bonds is 16.